The number of para-hydroxylation sites is 1. The summed E-state index contributed by atoms with van der Waals surface area (Å²) < 4.78 is 3.06. The number of aromatic nitrogens is 2. The molecule has 1 unspecified atom stereocenters. The second-order valence-corrected chi connectivity index (χ2v) is 6.90. The minimum absolute atomic E-state index is 0.221. The van der Waals surface area contributed by atoms with E-state index in [1.54, 1.807) is 0 Å². The summed E-state index contributed by atoms with van der Waals surface area (Å²) in [5.74, 6) is 0.782. The monoisotopic (exact) mass is 382 g/mol. The third kappa shape index (κ3) is 2.59. The highest BCUT2D eigenvalue weighted by molar-refractivity contribution is 9.10. The lowest BCUT2D eigenvalue weighted by atomic mass is 10.2. The van der Waals surface area contributed by atoms with E-state index in [1.807, 2.05) is 25.1 Å². The van der Waals surface area contributed by atoms with Crippen molar-refractivity contribution in [1.29, 1.82) is 0 Å². The van der Waals surface area contributed by atoms with Crippen molar-refractivity contribution in [3.8, 4) is 5.69 Å². The maximum atomic E-state index is 6.32. The second kappa shape index (κ2) is 5.64. The Labute approximate surface area is 141 Å². The Morgan fingerprint density at radius 1 is 1.24 bits per heavy atom. The van der Waals surface area contributed by atoms with E-state index in [-0.39, 0.29) is 5.38 Å². The number of halogens is 3. The number of rotatable bonds is 2. The van der Waals surface area contributed by atoms with Gasteiger partial charge in [-0.15, -0.1) is 11.6 Å². The van der Waals surface area contributed by atoms with Gasteiger partial charge in [0.05, 0.1) is 21.6 Å². The number of benzene rings is 2. The van der Waals surface area contributed by atoms with E-state index < -0.39 is 0 Å². The Hall–Kier alpha value is -1.03. The summed E-state index contributed by atoms with van der Waals surface area (Å²) in [6, 6.07) is 12.0. The molecule has 21 heavy (non-hydrogen) atoms. The van der Waals surface area contributed by atoms with Gasteiger partial charge >= 0.3 is 0 Å². The largest absolute Gasteiger partial charge is 0.294 e. The zero-order valence-corrected chi connectivity index (χ0v) is 14.7. The number of nitrogens with zero attached hydrogens (tertiary/aromatic N) is 2. The van der Waals surface area contributed by atoms with E-state index in [1.165, 1.54) is 5.56 Å². The summed E-state index contributed by atoms with van der Waals surface area (Å²) in [7, 11) is 0. The predicted octanol–water partition coefficient (Wildman–Crippen LogP) is 6.05. The van der Waals surface area contributed by atoms with Gasteiger partial charge < -0.3 is 0 Å². The zero-order chi connectivity index (χ0) is 15.1. The van der Waals surface area contributed by atoms with Crippen molar-refractivity contribution >= 4 is 50.2 Å². The van der Waals surface area contributed by atoms with Crippen LogP contribution in [-0.4, -0.2) is 9.55 Å². The Morgan fingerprint density at radius 3 is 2.67 bits per heavy atom. The molecule has 0 amide bonds. The summed E-state index contributed by atoms with van der Waals surface area (Å²) >= 11 is 16.2. The Morgan fingerprint density at radius 2 is 2.00 bits per heavy atom. The molecule has 5 heteroatoms. The van der Waals surface area contributed by atoms with Crippen LogP contribution in [0.3, 0.4) is 0 Å². The predicted molar refractivity (Wildman–Crippen MR) is 92.8 cm³/mol. The van der Waals surface area contributed by atoms with E-state index in [0.29, 0.717) is 5.02 Å². The minimum atomic E-state index is -0.221. The van der Waals surface area contributed by atoms with Gasteiger partial charge in [-0.05, 0) is 59.6 Å². The zero-order valence-electron chi connectivity index (χ0n) is 11.6. The molecule has 0 aliphatic carbocycles. The van der Waals surface area contributed by atoms with Crippen LogP contribution in [0.5, 0.6) is 0 Å². The van der Waals surface area contributed by atoms with Gasteiger partial charge in [-0.25, -0.2) is 4.98 Å². The van der Waals surface area contributed by atoms with Gasteiger partial charge in [-0.3, -0.25) is 4.57 Å². The third-order valence-electron chi connectivity index (χ3n) is 3.36. The van der Waals surface area contributed by atoms with Crippen molar-refractivity contribution < 1.29 is 0 Å². The van der Waals surface area contributed by atoms with Gasteiger partial charge in [0.2, 0.25) is 0 Å². The first-order valence-corrected chi connectivity index (χ1v) is 8.17. The molecule has 0 saturated carbocycles. The van der Waals surface area contributed by atoms with E-state index >= 15 is 0 Å². The molecule has 2 aromatic carbocycles. The molecule has 0 radical (unpaired) electrons. The fourth-order valence-corrected chi connectivity index (χ4v) is 3.43. The number of fused-ring (bicyclic) bond motifs is 1. The molecular weight excluding hydrogens is 371 g/mol. The number of hydrogen-bond acceptors (Lipinski definition) is 1. The Bertz CT molecular complexity index is 825. The molecule has 0 aliphatic rings. The molecule has 3 rings (SSSR count). The summed E-state index contributed by atoms with van der Waals surface area (Å²) in [5, 5.41) is 0.412. The van der Waals surface area contributed by atoms with Crippen molar-refractivity contribution in [2.45, 2.75) is 19.2 Å². The first-order chi connectivity index (χ1) is 9.99. The molecular formula is C16H13BrCl2N2. The van der Waals surface area contributed by atoms with Crippen LogP contribution >= 0.6 is 39.1 Å². The smallest absolute Gasteiger partial charge is 0.132 e. The van der Waals surface area contributed by atoms with Gasteiger partial charge in [0.1, 0.15) is 11.3 Å². The van der Waals surface area contributed by atoms with Crippen LogP contribution in [0.15, 0.2) is 40.9 Å². The van der Waals surface area contributed by atoms with Crippen LogP contribution in [0, 0.1) is 6.92 Å². The molecule has 0 N–H and O–H groups in total. The fraction of sp³-hybridized carbons (Fsp3) is 0.188. The number of imidazole rings is 1. The van der Waals surface area contributed by atoms with Crippen LogP contribution in [0.1, 0.15) is 23.7 Å². The minimum Gasteiger partial charge on any atom is -0.294 e. The van der Waals surface area contributed by atoms with Gasteiger partial charge in [-0.1, -0.05) is 23.7 Å². The summed E-state index contributed by atoms with van der Waals surface area (Å²) in [6.45, 7) is 3.97. The highest BCUT2D eigenvalue weighted by Crippen LogP contribution is 2.34. The molecule has 0 bridgehead atoms. The molecule has 108 valence electrons. The first kappa shape index (κ1) is 14.9. The highest BCUT2D eigenvalue weighted by Gasteiger charge is 2.19. The van der Waals surface area contributed by atoms with Gasteiger partial charge in [0.25, 0.3) is 0 Å². The molecule has 0 spiro atoms. The average Bonchev–Trinajstić information content (AvgIpc) is 2.80. The quantitative estimate of drug-likeness (QED) is 0.492. The van der Waals surface area contributed by atoms with Crippen LogP contribution in [0.25, 0.3) is 16.7 Å². The van der Waals surface area contributed by atoms with E-state index in [4.69, 9.17) is 23.2 Å². The van der Waals surface area contributed by atoms with Gasteiger partial charge in [0, 0.05) is 4.47 Å². The Kier molecular flexibility index (Phi) is 4.00. The normalized spacial score (nSPS) is 12.8. The topological polar surface area (TPSA) is 17.8 Å². The lowest BCUT2D eigenvalue weighted by molar-refractivity contribution is 0.880. The van der Waals surface area contributed by atoms with Crippen LogP contribution < -0.4 is 0 Å². The molecule has 3 aromatic rings. The molecule has 0 fully saturated rings. The third-order valence-corrected chi connectivity index (χ3v) is 4.50. The van der Waals surface area contributed by atoms with Crippen LogP contribution in [-0.2, 0) is 0 Å². The van der Waals surface area contributed by atoms with Crippen molar-refractivity contribution in [3.63, 3.8) is 0 Å². The lowest BCUT2D eigenvalue weighted by Crippen LogP contribution is -2.02. The lowest BCUT2D eigenvalue weighted by Gasteiger charge is -2.13. The molecule has 2 nitrogen and oxygen atoms in total. The highest BCUT2D eigenvalue weighted by atomic mass is 79.9. The SMILES string of the molecule is Cc1ccc(-n2c(C(C)Cl)nc3c(Cl)cccc32)c(Br)c1. The van der Waals surface area contributed by atoms with Crippen LogP contribution in [0.4, 0.5) is 0 Å². The maximum absolute atomic E-state index is 6.32. The van der Waals surface area contributed by atoms with Crippen LogP contribution in [0.2, 0.25) is 5.02 Å². The van der Waals surface area contributed by atoms with Crippen molar-refractivity contribution in [3.05, 3.63) is 57.3 Å². The molecule has 1 aromatic heterocycles. The van der Waals surface area contributed by atoms with Crippen molar-refractivity contribution in [2.24, 2.45) is 0 Å². The second-order valence-electron chi connectivity index (χ2n) is 4.98. The fourth-order valence-electron chi connectivity index (χ4n) is 2.40. The molecule has 0 saturated heterocycles. The van der Waals surface area contributed by atoms with Crippen molar-refractivity contribution in [2.75, 3.05) is 0 Å². The first-order valence-electron chi connectivity index (χ1n) is 6.56. The van der Waals surface area contributed by atoms with E-state index in [2.05, 4.69) is 50.6 Å². The number of aryl methyl sites for hydroxylation is 1. The number of hydrogen-bond donors (Lipinski definition) is 0. The number of alkyl halides is 1. The summed E-state index contributed by atoms with van der Waals surface area (Å²) in [5.41, 5.74) is 3.92. The molecule has 0 aliphatic heterocycles. The van der Waals surface area contributed by atoms with E-state index in [9.17, 15) is 0 Å². The average molecular weight is 384 g/mol. The standard InChI is InChI=1S/C16H13BrCl2N2/c1-9-6-7-13(11(17)8-9)21-14-5-3-4-12(19)15(14)20-16(21)10(2)18/h3-8,10H,1-2H3. The summed E-state index contributed by atoms with van der Waals surface area (Å²) in [6.07, 6.45) is 0. The maximum Gasteiger partial charge on any atom is 0.132 e. The Balaban J connectivity index is 2.39. The molecule has 1 atom stereocenters. The van der Waals surface area contributed by atoms with Crippen molar-refractivity contribution in [1.82, 2.24) is 9.55 Å². The van der Waals surface area contributed by atoms with Gasteiger partial charge in [-0.2, -0.15) is 0 Å². The molecule has 1 heterocycles. The van der Waals surface area contributed by atoms with Gasteiger partial charge in [0.15, 0.2) is 0 Å². The van der Waals surface area contributed by atoms with E-state index in [0.717, 1.165) is 27.0 Å². The summed E-state index contributed by atoms with van der Waals surface area (Å²) in [4.78, 5) is 4.63.